The molecular formula is C22H21N3O2S. The van der Waals surface area contributed by atoms with Gasteiger partial charge in [0.1, 0.15) is 6.54 Å². The summed E-state index contributed by atoms with van der Waals surface area (Å²) in [6.07, 6.45) is 0. The van der Waals surface area contributed by atoms with Crippen LogP contribution in [-0.2, 0) is 9.59 Å². The average molecular weight is 391 g/mol. The van der Waals surface area contributed by atoms with Crippen molar-refractivity contribution in [3.8, 4) is 0 Å². The number of thiophene rings is 1. The third kappa shape index (κ3) is 3.69. The zero-order chi connectivity index (χ0) is 19.5. The molecule has 0 saturated heterocycles. The molecule has 28 heavy (non-hydrogen) atoms. The fourth-order valence-corrected chi connectivity index (χ4v) is 4.24. The zero-order valence-electron chi connectivity index (χ0n) is 15.5. The molecule has 0 spiro atoms. The maximum absolute atomic E-state index is 13.2. The summed E-state index contributed by atoms with van der Waals surface area (Å²) in [5.41, 5.74) is 2.49. The molecule has 1 aliphatic rings. The molecule has 0 radical (unpaired) electrons. The monoisotopic (exact) mass is 391 g/mol. The van der Waals surface area contributed by atoms with E-state index in [0.717, 1.165) is 16.1 Å². The Kier molecular flexibility index (Phi) is 5.23. The van der Waals surface area contributed by atoms with Crippen molar-refractivity contribution in [1.82, 2.24) is 5.32 Å². The number of nitrogens with one attached hydrogen (secondary N) is 2. The molecule has 6 heteroatoms. The number of hydrogen-bond donors (Lipinski definition) is 2. The van der Waals surface area contributed by atoms with Gasteiger partial charge >= 0.3 is 0 Å². The first kappa shape index (κ1) is 18.4. The summed E-state index contributed by atoms with van der Waals surface area (Å²) in [4.78, 5) is 28.0. The lowest BCUT2D eigenvalue weighted by molar-refractivity contribution is -0.123. The molecule has 0 bridgehead atoms. The van der Waals surface area contributed by atoms with Crippen LogP contribution in [0.3, 0.4) is 0 Å². The number of nitrogens with zero attached hydrogens (tertiary/aromatic N) is 1. The van der Waals surface area contributed by atoms with Crippen molar-refractivity contribution < 1.29 is 9.59 Å². The molecule has 0 fully saturated rings. The van der Waals surface area contributed by atoms with Gasteiger partial charge in [-0.1, -0.05) is 48.5 Å². The van der Waals surface area contributed by atoms with E-state index in [1.165, 1.54) is 0 Å². The largest absolute Gasteiger partial charge is 0.323 e. The van der Waals surface area contributed by atoms with E-state index >= 15 is 0 Å². The van der Waals surface area contributed by atoms with Crippen LogP contribution in [0, 0.1) is 0 Å². The Bertz CT molecular complexity index is 972. The van der Waals surface area contributed by atoms with Crippen LogP contribution < -0.4 is 15.5 Å². The number of amides is 2. The van der Waals surface area contributed by atoms with Gasteiger partial charge < -0.3 is 5.32 Å². The maximum Gasteiger partial charge on any atom is 0.244 e. The highest BCUT2D eigenvalue weighted by Gasteiger charge is 2.31. The topological polar surface area (TPSA) is 61.4 Å². The van der Waals surface area contributed by atoms with Gasteiger partial charge in [0, 0.05) is 4.88 Å². The van der Waals surface area contributed by atoms with Crippen molar-refractivity contribution in [2.24, 2.45) is 0 Å². The van der Waals surface area contributed by atoms with E-state index in [9.17, 15) is 9.59 Å². The molecule has 0 aliphatic carbocycles. The quantitative estimate of drug-likeness (QED) is 0.695. The summed E-state index contributed by atoms with van der Waals surface area (Å²) in [5, 5.41) is 8.32. The highest BCUT2D eigenvalue weighted by atomic mass is 32.1. The number of fused-ring (bicyclic) bond motifs is 1. The Hall–Kier alpha value is -2.96. The standard InChI is InChI=1S/C22H21N3O2S/c1-15(22(27)25-14-20(26)24-17-10-5-6-11-18(17)25)23-21(19-12-7-13-28-19)16-8-3-2-4-9-16/h2-13,15,21,23H,14H2,1H3,(H,24,26)/t15-,21-/m1/s1. The van der Waals surface area contributed by atoms with Crippen LogP contribution in [0.15, 0.2) is 72.1 Å². The van der Waals surface area contributed by atoms with Crippen molar-refractivity contribution in [2.75, 3.05) is 16.8 Å². The van der Waals surface area contributed by atoms with Crippen LogP contribution in [0.4, 0.5) is 11.4 Å². The van der Waals surface area contributed by atoms with Crippen LogP contribution in [0.2, 0.25) is 0 Å². The minimum Gasteiger partial charge on any atom is -0.323 e. The smallest absolute Gasteiger partial charge is 0.244 e. The van der Waals surface area contributed by atoms with Gasteiger partial charge in [-0.25, -0.2) is 0 Å². The first-order valence-electron chi connectivity index (χ1n) is 9.18. The van der Waals surface area contributed by atoms with Gasteiger partial charge in [-0.05, 0) is 36.1 Å². The van der Waals surface area contributed by atoms with Gasteiger partial charge in [0.2, 0.25) is 11.8 Å². The molecule has 1 aliphatic heterocycles. The second-order valence-corrected chi connectivity index (χ2v) is 7.72. The predicted molar refractivity (Wildman–Crippen MR) is 113 cm³/mol. The minimum absolute atomic E-state index is 0.0247. The molecule has 4 rings (SSSR count). The lowest BCUT2D eigenvalue weighted by Gasteiger charge is -2.32. The number of carbonyl (C=O) groups excluding carboxylic acids is 2. The van der Waals surface area contributed by atoms with Gasteiger partial charge in [0.15, 0.2) is 0 Å². The van der Waals surface area contributed by atoms with Gasteiger partial charge in [-0.3, -0.25) is 19.8 Å². The van der Waals surface area contributed by atoms with E-state index in [0.29, 0.717) is 5.69 Å². The molecule has 5 nitrogen and oxygen atoms in total. The summed E-state index contributed by atoms with van der Waals surface area (Å²) in [5.74, 6) is -0.308. The van der Waals surface area contributed by atoms with E-state index in [4.69, 9.17) is 0 Å². The maximum atomic E-state index is 13.2. The zero-order valence-corrected chi connectivity index (χ0v) is 16.3. The molecule has 3 aromatic rings. The third-order valence-electron chi connectivity index (χ3n) is 4.78. The Morgan fingerprint density at radius 1 is 1.07 bits per heavy atom. The average Bonchev–Trinajstić information content (AvgIpc) is 3.25. The van der Waals surface area contributed by atoms with Crippen LogP contribution >= 0.6 is 11.3 Å². The fourth-order valence-electron chi connectivity index (χ4n) is 3.43. The number of anilines is 2. The molecular weight excluding hydrogens is 370 g/mol. The first-order valence-corrected chi connectivity index (χ1v) is 10.1. The Balaban J connectivity index is 1.59. The molecule has 2 heterocycles. The third-order valence-corrected chi connectivity index (χ3v) is 5.72. The first-order chi connectivity index (χ1) is 13.6. The molecule has 142 valence electrons. The van der Waals surface area contributed by atoms with Crippen molar-refractivity contribution in [2.45, 2.75) is 19.0 Å². The van der Waals surface area contributed by atoms with E-state index in [2.05, 4.69) is 28.8 Å². The molecule has 2 amide bonds. The van der Waals surface area contributed by atoms with Crippen LogP contribution in [0.5, 0.6) is 0 Å². The summed E-state index contributed by atoms with van der Waals surface area (Å²) < 4.78 is 0. The number of carbonyl (C=O) groups is 2. The van der Waals surface area contributed by atoms with Crippen molar-refractivity contribution >= 4 is 34.5 Å². The Morgan fingerprint density at radius 3 is 2.57 bits per heavy atom. The molecule has 0 saturated carbocycles. The predicted octanol–water partition coefficient (Wildman–Crippen LogP) is 3.80. The van der Waals surface area contributed by atoms with Crippen molar-refractivity contribution in [3.05, 3.63) is 82.6 Å². The molecule has 2 N–H and O–H groups in total. The van der Waals surface area contributed by atoms with Crippen molar-refractivity contribution in [3.63, 3.8) is 0 Å². The lowest BCUT2D eigenvalue weighted by atomic mass is 10.0. The van der Waals surface area contributed by atoms with Gasteiger partial charge in [-0.2, -0.15) is 0 Å². The van der Waals surface area contributed by atoms with Gasteiger partial charge in [0.25, 0.3) is 0 Å². The number of hydrogen-bond acceptors (Lipinski definition) is 4. The van der Waals surface area contributed by atoms with Crippen LogP contribution in [0.25, 0.3) is 0 Å². The highest BCUT2D eigenvalue weighted by Crippen LogP contribution is 2.30. The lowest BCUT2D eigenvalue weighted by Crippen LogP contribution is -2.50. The van der Waals surface area contributed by atoms with Gasteiger partial charge in [0.05, 0.1) is 23.5 Å². The van der Waals surface area contributed by atoms with E-state index in [1.54, 1.807) is 16.2 Å². The van der Waals surface area contributed by atoms with Crippen molar-refractivity contribution in [1.29, 1.82) is 0 Å². The molecule has 0 unspecified atom stereocenters. The van der Waals surface area contributed by atoms with E-state index in [-0.39, 0.29) is 24.4 Å². The molecule has 2 atom stereocenters. The second kappa shape index (κ2) is 7.96. The number of benzene rings is 2. The van der Waals surface area contributed by atoms with Crippen LogP contribution in [-0.4, -0.2) is 24.4 Å². The Labute approximate surface area is 168 Å². The fraction of sp³-hybridized carbons (Fsp3) is 0.182. The van der Waals surface area contributed by atoms with Gasteiger partial charge in [-0.15, -0.1) is 11.3 Å². The SMILES string of the molecule is C[C@@H](N[C@H](c1ccccc1)c1cccs1)C(=O)N1CC(=O)Nc2ccccc21. The number of rotatable bonds is 5. The molecule has 1 aromatic heterocycles. The summed E-state index contributed by atoms with van der Waals surface area (Å²) in [6, 6.07) is 21.0. The normalized spacial score (nSPS) is 15.5. The Morgan fingerprint density at radius 2 is 1.82 bits per heavy atom. The summed E-state index contributed by atoms with van der Waals surface area (Å²) in [6.45, 7) is 1.87. The summed E-state index contributed by atoms with van der Waals surface area (Å²) >= 11 is 1.65. The number of para-hydroxylation sites is 2. The minimum atomic E-state index is -0.466. The molecule has 2 aromatic carbocycles. The second-order valence-electron chi connectivity index (χ2n) is 6.74. The van der Waals surface area contributed by atoms with Crippen LogP contribution in [0.1, 0.15) is 23.4 Å². The van der Waals surface area contributed by atoms with E-state index < -0.39 is 6.04 Å². The van der Waals surface area contributed by atoms with E-state index in [1.807, 2.05) is 60.8 Å². The summed E-state index contributed by atoms with van der Waals surface area (Å²) in [7, 11) is 0. The highest BCUT2D eigenvalue weighted by molar-refractivity contribution is 7.10.